The van der Waals surface area contributed by atoms with Crippen molar-refractivity contribution in [3.8, 4) is 0 Å². The second-order valence-corrected chi connectivity index (χ2v) is 6.80. The molecule has 0 heterocycles. The van der Waals surface area contributed by atoms with E-state index < -0.39 is 7.14 Å². The second-order valence-electron chi connectivity index (χ2n) is 3.31. The van der Waals surface area contributed by atoms with Gasteiger partial charge in [0, 0.05) is 6.42 Å². The zero-order valence-electron chi connectivity index (χ0n) is 6.46. The molecule has 1 unspecified atom stereocenters. The summed E-state index contributed by atoms with van der Waals surface area (Å²) < 4.78 is 11.4. The first-order valence-electron chi connectivity index (χ1n) is 3.59. The van der Waals surface area contributed by atoms with Gasteiger partial charge < -0.3 is 4.57 Å². The van der Waals surface area contributed by atoms with Crippen LogP contribution >= 0.6 is 7.14 Å². The predicted octanol–water partition coefficient (Wildman–Crippen LogP) is 1.73. The van der Waals surface area contributed by atoms with Crippen molar-refractivity contribution < 1.29 is 9.36 Å². The number of Topliss-reactive ketones (excluding diaryl/α,β-unsaturated/α-hetero) is 1. The van der Waals surface area contributed by atoms with Crippen LogP contribution in [0.15, 0.2) is 0 Å². The Labute approximate surface area is 61.4 Å². The Balaban J connectivity index is 2.74. The molecule has 2 nitrogen and oxygen atoms in total. The Morgan fingerprint density at radius 1 is 1.50 bits per heavy atom. The summed E-state index contributed by atoms with van der Waals surface area (Å²) in [5.41, 5.74) is -0.104. The van der Waals surface area contributed by atoms with E-state index in [9.17, 15) is 9.36 Å². The highest BCUT2D eigenvalue weighted by Crippen LogP contribution is 2.48. The summed E-state index contributed by atoms with van der Waals surface area (Å²) in [5, 5.41) is 0. The van der Waals surface area contributed by atoms with Crippen LogP contribution in [0.5, 0.6) is 0 Å². The zero-order chi connectivity index (χ0) is 7.78. The Morgan fingerprint density at radius 2 is 2.10 bits per heavy atom. The van der Waals surface area contributed by atoms with Gasteiger partial charge in [-0.05, 0) is 26.2 Å². The van der Waals surface area contributed by atoms with Crippen molar-refractivity contribution in [1.82, 2.24) is 0 Å². The Morgan fingerprint density at radius 3 is 2.30 bits per heavy atom. The lowest BCUT2D eigenvalue weighted by atomic mass is 10.3. The molecule has 3 heteroatoms. The average molecular weight is 160 g/mol. The number of hydrogen-bond donors (Lipinski definition) is 0. The highest BCUT2D eigenvalue weighted by molar-refractivity contribution is 7.64. The van der Waals surface area contributed by atoms with E-state index in [1.807, 2.05) is 0 Å². The molecule has 0 aromatic rings. The normalized spacial score (nSPS) is 27.4. The molecule has 0 saturated heterocycles. The number of carbonyl (C=O) groups excluding carboxylic acids is 1. The summed E-state index contributed by atoms with van der Waals surface area (Å²) in [6.45, 7) is 3.42. The maximum atomic E-state index is 11.4. The van der Waals surface area contributed by atoms with E-state index in [4.69, 9.17) is 0 Å². The summed E-state index contributed by atoms with van der Waals surface area (Å²) >= 11 is 0. The zero-order valence-corrected chi connectivity index (χ0v) is 7.36. The lowest BCUT2D eigenvalue weighted by Gasteiger charge is -2.12. The monoisotopic (exact) mass is 160 g/mol. The van der Waals surface area contributed by atoms with Gasteiger partial charge in [-0.25, -0.2) is 0 Å². The molecule has 0 aromatic heterocycles. The minimum absolute atomic E-state index is 0.104. The Kier molecular flexibility index (Phi) is 2.00. The molecule has 58 valence electrons. The van der Waals surface area contributed by atoms with Crippen molar-refractivity contribution in [3.63, 3.8) is 0 Å². The smallest absolute Gasteiger partial charge is 0.143 e. The van der Waals surface area contributed by atoms with Crippen LogP contribution in [0.2, 0.25) is 0 Å². The molecule has 0 spiro atoms. The fourth-order valence-electron chi connectivity index (χ4n) is 1.45. The van der Waals surface area contributed by atoms with Gasteiger partial charge in [0.05, 0.1) is 12.8 Å². The van der Waals surface area contributed by atoms with Gasteiger partial charge in [-0.15, -0.1) is 0 Å². The summed E-state index contributed by atoms with van der Waals surface area (Å²) in [6, 6.07) is 0. The third kappa shape index (κ3) is 1.49. The molecule has 0 N–H and O–H groups in total. The van der Waals surface area contributed by atoms with Crippen molar-refractivity contribution in [3.05, 3.63) is 0 Å². The van der Waals surface area contributed by atoms with Gasteiger partial charge in [-0.1, -0.05) is 0 Å². The number of ketones is 1. The van der Waals surface area contributed by atoms with Gasteiger partial charge in [0.15, 0.2) is 0 Å². The highest BCUT2D eigenvalue weighted by Gasteiger charge is 2.33. The number of hydrogen-bond acceptors (Lipinski definition) is 2. The van der Waals surface area contributed by atoms with Crippen LogP contribution in [0, 0.1) is 0 Å². The van der Waals surface area contributed by atoms with Crippen molar-refractivity contribution in [1.29, 1.82) is 0 Å². The van der Waals surface area contributed by atoms with E-state index in [-0.39, 0.29) is 11.4 Å². The van der Waals surface area contributed by atoms with Gasteiger partial charge in [-0.3, -0.25) is 4.79 Å². The summed E-state index contributed by atoms with van der Waals surface area (Å²) in [4.78, 5) is 11.0. The van der Waals surface area contributed by atoms with E-state index in [1.165, 1.54) is 0 Å². The minimum atomic E-state index is -2.12. The number of carbonyl (C=O) groups is 1. The minimum Gasteiger partial charge on any atom is -0.323 e. The van der Waals surface area contributed by atoms with Crippen LogP contribution in [0.4, 0.5) is 0 Å². The summed E-state index contributed by atoms with van der Waals surface area (Å²) in [6.07, 6.45) is 2.44. The summed E-state index contributed by atoms with van der Waals surface area (Å²) in [7, 11) is -2.12. The highest BCUT2D eigenvalue weighted by atomic mass is 31.2. The number of rotatable bonds is 1. The summed E-state index contributed by atoms with van der Waals surface area (Å²) in [5.74, 6) is 0.216. The van der Waals surface area contributed by atoms with Crippen molar-refractivity contribution in [2.75, 3.05) is 13.3 Å². The van der Waals surface area contributed by atoms with Gasteiger partial charge >= 0.3 is 0 Å². The maximum Gasteiger partial charge on any atom is 0.143 e. The van der Waals surface area contributed by atoms with Crippen molar-refractivity contribution >= 4 is 12.9 Å². The molecule has 10 heavy (non-hydrogen) atoms. The molecule has 1 aliphatic carbocycles. The van der Waals surface area contributed by atoms with Crippen LogP contribution in [0.1, 0.15) is 19.3 Å². The topological polar surface area (TPSA) is 34.1 Å². The first-order chi connectivity index (χ1) is 4.52. The van der Waals surface area contributed by atoms with E-state index in [0.29, 0.717) is 6.42 Å². The molecule has 1 aliphatic rings. The SMILES string of the molecule is CP(C)(=O)C1CCCC1=O. The van der Waals surface area contributed by atoms with Crippen LogP contribution in [0.3, 0.4) is 0 Å². The molecular formula is C7H13O2P. The molecule has 1 atom stereocenters. The third-order valence-corrected chi connectivity index (χ3v) is 4.07. The van der Waals surface area contributed by atoms with Crippen LogP contribution < -0.4 is 0 Å². The molecule has 1 fully saturated rings. The van der Waals surface area contributed by atoms with E-state index in [1.54, 1.807) is 13.3 Å². The van der Waals surface area contributed by atoms with Crippen LogP contribution in [0.25, 0.3) is 0 Å². The van der Waals surface area contributed by atoms with Gasteiger partial charge in [0.25, 0.3) is 0 Å². The van der Waals surface area contributed by atoms with E-state index in [0.717, 1.165) is 12.8 Å². The standard InChI is InChI=1S/C7H13O2P/c1-10(2,9)7-5-3-4-6(7)8/h7H,3-5H2,1-2H3. The fourth-order valence-corrected chi connectivity index (χ4v) is 3.08. The first kappa shape index (κ1) is 8.00. The molecule has 0 bridgehead atoms. The van der Waals surface area contributed by atoms with E-state index in [2.05, 4.69) is 0 Å². The van der Waals surface area contributed by atoms with Gasteiger partial charge in [-0.2, -0.15) is 0 Å². The molecule has 0 amide bonds. The first-order valence-corrected chi connectivity index (χ1v) is 6.26. The molecular weight excluding hydrogens is 147 g/mol. The van der Waals surface area contributed by atoms with E-state index >= 15 is 0 Å². The van der Waals surface area contributed by atoms with Crippen LogP contribution in [-0.2, 0) is 9.36 Å². The van der Waals surface area contributed by atoms with Crippen LogP contribution in [-0.4, -0.2) is 24.8 Å². The predicted molar refractivity (Wildman–Crippen MR) is 42.1 cm³/mol. The second kappa shape index (κ2) is 2.50. The molecule has 0 radical (unpaired) electrons. The van der Waals surface area contributed by atoms with Crippen molar-refractivity contribution in [2.45, 2.75) is 24.9 Å². The Hall–Kier alpha value is -0.100. The third-order valence-electron chi connectivity index (χ3n) is 2.02. The largest absolute Gasteiger partial charge is 0.323 e. The molecule has 0 aromatic carbocycles. The molecule has 1 rings (SSSR count). The van der Waals surface area contributed by atoms with Gasteiger partial charge in [0.1, 0.15) is 5.78 Å². The average Bonchev–Trinajstić information content (AvgIpc) is 2.11. The fraction of sp³-hybridized carbons (Fsp3) is 0.857. The lowest BCUT2D eigenvalue weighted by molar-refractivity contribution is -0.117. The lowest BCUT2D eigenvalue weighted by Crippen LogP contribution is -2.12. The Bertz CT molecular complexity index is 192. The molecule has 1 saturated carbocycles. The molecule has 0 aliphatic heterocycles. The quantitative estimate of drug-likeness (QED) is 0.547. The van der Waals surface area contributed by atoms with Gasteiger partial charge in [0.2, 0.25) is 0 Å². The van der Waals surface area contributed by atoms with Crippen molar-refractivity contribution in [2.24, 2.45) is 0 Å². The maximum absolute atomic E-state index is 11.4.